The minimum Gasteiger partial charge on any atom is -0.338 e. The third-order valence-electron chi connectivity index (χ3n) is 3.37. The Bertz CT molecular complexity index is 198. The van der Waals surface area contributed by atoms with Crippen LogP contribution in [0.15, 0.2) is 0 Å². The molecule has 0 bridgehead atoms. The van der Waals surface area contributed by atoms with E-state index in [2.05, 4.69) is 26.1 Å². The monoisotopic (exact) mass is 212 g/mol. The van der Waals surface area contributed by atoms with E-state index in [4.69, 9.17) is 0 Å². The van der Waals surface area contributed by atoms with Gasteiger partial charge in [0.1, 0.15) is 0 Å². The Morgan fingerprint density at radius 2 is 2.07 bits per heavy atom. The van der Waals surface area contributed by atoms with Crippen molar-refractivity contribution in [3.05, 3.63) is 0 Å². The topological polar surface area (TPSA) is 32.3 Å². The lowest BCUT2D eigenvalue weighted by Crippen LogP contribution is -2.45. The summed E-state index contributed by atoms with van der Waals surface area (Å²) in [4.78, 5) is 13.7. The number of hydrogen-bond acceptors (Lipinski definition) is 1. The summed E-state index contributed by atoms with van der Waals surface area (Å²) in [7, 11) is 0. The molecule has 1 fully saturated rings. The zero-order chi connectivity index (χ0) is 11.3. The molecule has 1 unspecified atom stereocenters. The molecule has 0 aromatic carbocycles. The number of urea groups is 1. The number of rotatable bonds is 3. The normalized spacial score (nSPS) is 20.1. The quantitative estimate of drug-likeness (QED) is 0.766. The third kappa shape index (κ3) is 4.10. The SMILES string of the molecule is CCC(C)CNC(=O)N1CCC(C)CC1. The van der Waals surface area contributed by atoms with Crippen LogP contribution in [0.1, 0.15) is 40.0 Å². The summed E-state index contributed by atoms with van der Waals surface area (Å²) in [6.45, 7) is 9.23. The van der Waals surface area contributed by atoms with Crippen molar-refractivity contribution < 1.29 is 4.79 Å². The fraction of sp³-hybridized carbons (Fsp3) is 0.917. The predicted octanol–water partition coefficient (Wildman–Crippen LogP) is 2.47. The van der Waals surface area contributed by atoms with Gasteiger partial charge in [-0.15, -0.1) is 0 Å². The van der Waals surface area contributed by atoms with Crippen LogP contribution in [0.3, 0.4) is 0 Å². The lowest BCUT2D eigenvalue weighted by Gasteiger charge is -2.30. The fourth-order valence-corrected chi connectivity index (χ4v) is 1.73. The number of nitrogens with one attached hydrogen (secondary N) is 1. The molecule has 2 amide bonds. The van der Waals surface area contributed by atoms with Gasteiger partial charge >= 0.3 is 6.03 Å². The molecule has 15 heavy (non-hydrogen) atoms. The highest BCUT2D eigenvalue weighted by atomic mass is 16.2. The highest BCUT2D eigenvalue weighted by Crippen LogP contribution is 2.15. The van der Waals surface area contributed by atoms with Crippen molar-refractivity contribution in [1.29, 1.82) is 0 Å². The maximum absolute atomic E-state index is 11.7. The predicted molar refractivity (Wildman–Crippen MR) is 62.8 cm³/mol. The van der Waals surface area contributed by atoms with Crippen LogP contribution in [0, 0.1) is 11.8 Å². The first-order valence-corrected chi connectivity index (χ1v) is 6.16. The van der Waals surface area contributed by atoms with E-state index in [1.165, 1.54) is 0 Å². The summed E-state index contributed by atoms with van der Waals surface area (Å²) in [6.07, 6.45) is 3.42. The van der Waals surface area contributed by atoms with Crippen LogP contribution in [0.4, 0.5) is 4.79 Å². The van der Waals surface area contributed by atoms with E-state index >= 15 is 0 Å². The Morgan fingerprint density at radius 3 is 2.60 bits per heavy atom. The largest absolute Gasteiger partial charge is 0.338 e. The highest BCUT2D eigenvalue weighted by Gasteiger charge is 2.19. The van der Waals surface area contributed by atoms with E-state index in [1.54, 1.807) is 0 Å². The van der Waals surface area contributed by atoms with Crippen molar-refractivity contribution in [3.8, 4) is 0 Å². The summed E-state index contributed by atoms with van der Waals surface area (Å²) in [5.74, 6) is 1.36. The zero-order valence-electron chi connectivity index (χ0n) is 10.3. The van der Waals surface area contributed by atoms with Gasteiger partial charge < -0.3 is 10.2 Å². The van der Waals surface area contributed by atoms with Crippen LogP contribution >= 0.6 is 0 Å². The second-order valence-corrected chi connectivity index (χ2v) is 4.87. The molecule has 3 heteroatoms. The van der Waals surface area contributed by atoms with E-state index in [0.29, 0.717) is 5.92 Å². The lowest BCUT2D eigenvalue weighted by molar-refractivity contribution is 0.172. The van der Waals surface area contributed by atoms with Gasteiger partial charge in [0.15, 0.2) is 0 Å². The Hall–Kier alpha value is -0.730. The molecule has 0 aromatic rings. The van der Waals surface area contributed by atoms with Gasteiger partial charge in [-0.3, -0.25) is 0 Å². The van der Waals surface area contributed by atoms with E-state index in [9.17, 15) is 4.79 Å². The second kappa shape index (κ2) is 5.99. The maximum atomic E-state index is 11.7. The molecule has 1 rings (SSSR count). The molecule has 1 aliphatic rings. The molecule has 0 saturated carbocycles. The lowest BCUT2D eigenvalue weighted by atomic mass is 10.00. The molecule has 1 aliphatic heterocycles. The molecule has 0 radical (unpaired) electrons. The Labute approximate surface area is 93.2 Å². The number of piperidine rings is 1. The summed E-state index contributed by atoms with van der Waals surface area (Å²) in [5.41, 5.74) is 0. The van der Waals surface area contributed by atoms with Gasteiger partial charge in [-0.05, 0) is 24.7 Å². The zero-order valence-corrected chi connectivity index (χ0v) is 10.3. The third-order valence-corrected chi connectivity index (χ3v) is 3.37. The maximum Gasteiger partial charge on any atom is 0.317 e. The molecule has 1 heterocycles. The standard InChI is InChI=1S/C12H24N2O/c1-4-10(2)9-13-12(15)14-7-5-11(3)6-8-14/h10-11H,4-9H2,1-3H3,(H,13,15). The summed E-state index contributed by atoms with van der Waals surface area (Å²) >= 11 is 0. The first-order valence-electron chi connectivity index (χ1n) is 6.16. The van der Waals surface area contributed by atoms with Crippen LogP contribution in [-0.4, -0.2) is 30.6 Å². The number of likely N-dealkylation sites (tertiary alicyclic amines) is 1. The van der Waals surface area contributed by atoms with Gasteiger partial charge in [-0.25, -0.2) is 4.79 Å². The van der Waals surface area contributed by atoms with Crippen molar-refractivity contribution in [3.63, 3.8) is 0 Å². The van der Waals surface area contributed by atoms with Crippen LogP contribution in [0.5, 0.6) is 0 Å². The van der Waals surface area contributed by atoms with Gasteiger partial charge in [0, 0.05) is 19.6 Å². The smallest absolute Gasteiger partial charge is 0.317 e. The fourth-order valence-electron chi connectivity index (χ4n) is 1.73. The molecule has 1 N–H and O–H groups in total. The number of nitrogens with zero attached hydrogens (tertiary/aromatic N) is 1. The van der Waals surface area contributed by atoms with Gasteiger partial charge in [-0.2, -0.15) is 0 Å². The van der Waals surface area contributed by atoms with E-state index in [0.717, 1.165) is 44.8 Å². The van der Waals surface area contributed by atoms with Crippen LogP contribution in [0.2, 0.25) is 0 Å². The molecular formula is C12H24N2O. The molecule has 3 nitrogen and oxygen atoms in total. The van der Waals surface area contributed by atoms with Crippen molar-refractivity contribution in [2.75, 3.05) is 19.6 Å². The molecular weight excluding hydrogens is 188 g/mol. The average molecular weight is 212 g/mol. The van der Waals surface area contributed by atoms with Crippen molar-refractivity contribution in [1.82, 2.24) is 10.2 Å². The van der Waals surface area contributed by atoms with Gasteiger partial charge in [-0.1, -0.05) is 27.2 Å². The summed E-state index contributed by atoms with van der Waals surface area (Å²) in [6, 6.07) is 0.127. The first kappa shape index (κ1) is 12.3. The minimum atomic E-state index is 0.127. The van der Waals surface area contributed by atoms with Gasteiger partial charge in [0.05, 0.1) is 0 Å². The number of carbonyl (C=O) groups excluding carboxylic acids is 1. The molecule has 0 aliphatic carbocycles. The Kier molecular flexibility index (Phi) is 4.92. The van der Waals surface area contributed by atoms with Crippen molar-refractivity contribution in [2.24, 2.45) is 11.8 Å². The highest BCUT2D eigenvalue weighted by molar-refractivity contribution is 5.74. The van der Waals surface area contributed by atoms with Crippen LogP contribution < -0.4 is 5.32 Å². The van der Waals surface area contributed by atoms with Gasteiger partial charge in [0.25, 0.3) is 0 Å². The van der Waals surface area contributed by atoms with Crippen molar-refractivity contribution >= 4 is 6.03 Å². The van der Waals surface area contributed by atoms with E-state index < -0.39 is 0 Å². The van der Waals surface area contributed by atoms with Crippen LogP contribution in [-0.2, 0) is 0 Å². The summed E-state index contributed by atoms with van der Waals surface area (Å²) in [5, 5.41) is 3.00. The number of amides is 2. The first-order chi connectivity index (χ1) is 7.13. The molecule has 1 saturated heterocycles. The number of hydrogen-bond donors (Lipinski definition) is 1. The molecule has 0 spiro atoms. The van der Waals surface area contributed by atoms with E-state index in [1.807, 2.05) is 4.90 Å². The van der Waals surface area contributed by atoms with Crippen molar-refractivity contribution in [2.45, 2.75) is 40.0 Å². The summed E-state index contributed by atoms with van der Waals surface area (Å²) < 4.78 is 0. The molecule has 1 atom stereocenters. The average Bonchev–Trinajstić information content (AvgIpc) is 2.26. The second-order valence-electron chi connectivity index (χ2n) is 4.87. The minimum absolute atomic E-state index is 0.127. The van der Waals surface area contributed by atoms with Crippen LogP contribution in [0.25, 0.3) is 0 Å². The Balaban J connectivity index is 2.22. The molecule has 88 valence electrons. The molecule has 0 aromatic heterocycles. The number of carbonyl (C=O) groups is 1. The Morgan fingerprint density at radius 1 is 1.47 bits per heavy atom. The van der Waals surface area contributed by atoms with E-state index in [-0.39, 0.29) is 6.03 Å². The van der Waals surface area contributed by atoms with Gasteiger partial charge in [0.2, 0.25) is 0 Å².